The largest absolute Gasteiger partial charge is 0.307 e. The normalized spacial score (nSPS) is 24.0. The van der Waals surface area contributed by atoms with Crippen molar-refractivity contribution in [3.8, 4) is 0 Å². The molecule has 0 aromatic rings. The Morgan fingerprint density at radius 3 is 2.73 bits per heavy atom. The van der Waals surface area contributed by atoms with Gasteiger partial charge in [0.05, 0.1) is 6.54 Å². The summed E-state index contributed by atoms with van der Waals surface area (Å²) in [5, 5.41) is 2.93. The zero-order chi connectivity index (χ0) is 11.3. The molecule has 1 unspecified atom stereocenters. The van der Waals surface area contributed by atoms with Crippen LogP contribution in [0.15, 0.2) is 0 Å². The van der Waals surface area contributed by atoms with E-state index in [2.05, 4.69) is 24.1 Å². The van der Waals surface area contributed by atoms with Crippen molar-refractivity contribution < 1.29 is 8.78 Å². The Labute approximate surface area is 91.0 Å². The van der Waals surface area contributed by atoms with E-state index in [1.54, 1.807) is 0 Å². The molecule has 1 saturated heterocycles. The van der Waals surface area contributed by atoms with Crippen LogP contribution in [0.4, 0.5) is 8.78 Å². The van der Waals surface area contributed by atoms with E-state index >= 15 is 0 Å². The van der Waals surface area contributed by atoms with E-state index in [1.807, 2.05) is 0 Å². The van der Waals surface area contributed by atoms with Crippen LogP contribution in [-0.4, -0.2) is 43.5 Å². The standard InChI is InChI=1S/C11H22F2N2/c1-9(2)7-15-5-3-4-10(8-15)14-6-11(12)13/h9-11,14H,3-8H2,1-2H3. The maximum absolute atomic E-state index is 12.0. The van der Waals surface area contributed by atoms with Gasteiger partial charge in [-0.3, -0.25) is 0 Å². The van der Waals surface area contributed by atoms with Crippen LogP contribution in [0.5, 0.6) is 0 Å². The lowest BCUT2D eigenvalue weighted by Crippen LogP contribution is -2.47. The second-order valence-electron chi connectivity index (χ2n) is 4.79. The SMILES string of the molecule is CC(C)CN1CCCC(NCC(F)F)C1. The molecule has 0 aliphatic carbocycles. The van der Waals surface area contributed by atoms with Gasteiger partial charge in [-0.25, -0.2) is 8.78 Å². The highest BCUT2D eigenvalue weighted by Gasteiger charge is 2.20. The summed E-state index contributed by atoms with van der Waals surface area (Å²) in [6.45, 7) is 7.33. The molecule has 1 N–H and O–H groups in total. The molecule has 1 rings (SSSR count). The minimum absolute atomic E-state index is 0.166. The van der Waals surface area contributed by atoms with Gasteiger partial charge in [0.15, 0.2) is 0 Å². The summed E-state index contributed by atoms with van der Waals surface area (Å²) in [4.78, 5) is 2.37. The van der Waals surface area contributed by atoms with Gasteiger partial charge in [-0.1, -0.05) is 13.8 Å². The van der Waals surface area contributed by atoms with Crippen molar-refractivity contribution in [1.29, 1.82) is 0 Å². The van der Waals surface area contributed by atoms with Crippen molar-refractivity contribution in [2.45, 2.75) is 39.2 Å². The number of halogens is 2. The zero-order valence-corrected chi connectivity index (χ0v) is 9.68. The molecule has 15 heavy (non-hydrogen) atoms. The highest BCUT2D eigenvalue weighted by Crippen LogP contribution is 2.12. The maximum atomic E-state index is 12.0. The van der Waals surface area contributed by atoms with Crippen molar-refractivity contribution in [3.63, 3.8) is 0 Å². The first-order valence-electron chi connectivity index (χ1n) is 5.82. The minimum Gasteiger partial charge on any atom is -0.307 e. The van der Waals surface area contributed by atoms with Crippen LogP contribution in [-0.2, 0) is 0 Å². The van der Waals surface area contributed by atoms with Gasteiger partial charge in [-0.05, 0) is 25.3 Å². The van der Waals surface area contributed by atoms with E-state index in [-0.39, 0.29) is 12.6 Å². The first-order chi connectivity index (χ1) is 7.08. The Kier molecular flexibility index (Phi) is 5.47. The fraction of sp³-hybridized carbons (Fsp3) is 1.00. The van der Waals surface area contributed by atoms with E-state index in [9.17, 15) is 8.78 Å². The number of hydrogen-bond acceptors (Lipinski definition) is 2. The monoisotopic (exact) mass is 220 g/mol. The third-order valence-corrected chi connectivity index (χ3v) is 2.69. The number of hydrogen-bond donors (Lipinski definition) is 1. The van der Waals surface area contributed by atoms with Crippen LogP contribution in [0.1, 0.15) is 26.7 Å². The molecule has 1 atom stereocenters. The molecule has 0 radical (unpaired) electrons. The van der Waals surface area contributed by atoms with Crippen molar-refractivity contribution in [2.75, 3.05) is 26.2 Å². The van der Waals surface area contributed by atoms with Gasteiger partial charge < -0.3 is 10.2 Å². The lowest BCUT2D eigenvalue weighted by molar-refractivity contribution is 0.123. The summed E-state index contributed by atoms with van der Waals surface area (Å²) in [7, 11) is 0. The van der Waals surface area contributed by atoms with Crippen LogP contribution in [0.2, 0.25) is 0 Å². The number of piperidine rings is 1. The highest BCUT2D eigenvalue weighted by atomic mass is 19.3. The molecule has 0 aromatic carbocycles. The molecule has 1 heterocycles. The molecule has 1 aliphatic heterocycles. The lowest BCUT2D eigenvalue weighted by atomic mass is 10.0. The summed E-state index contributed by atoms with van der Waals surface area (Å²) >= 11 is 0. The van der Waals surface area contributed by atoms with Crippen molar-refractivity contribution in [1.82, 2.24) is 10.2 Å². The van der Waals surface area contributed by atoms with Crippen molar-refractivity contribution >= 4 is 0 Å². The predicted octanol–water partition coefficient (Wildman–Crippen LogP) is 1.96. The fourth-order valence-electron chi connectivity index (χ4n) is 2.16. The lowest BCUT2D eigenvalue weighted by Gasteiger charge is -2.34. The number of rotatable bonds is 5. The topological polar surface area (TPSA) is 15.3 Å². The minimum atomic E-state index is -2.23. The molecular weight excluding hydrogens is 198 g/mol. The molecule has 0 amide bonds. The third kappa shape index (κ3) is 5.42. The van der Waals surface area contributed by atoms with Crippen LogP contribution in [0.25, 0.3) is 0 Å². The first-order valence-corrected chi connectivity index (χ1v) is 5.82. The van der Waals surface area contributed by atoms with Crippen molar-refractivity contribution in [2.24, 2.45) is 5.92 Å². The number of alkyl halides is 2. The van der Waals surface area contributed by atoms with E-state index in [4.69, 9.17) is 0 Å². The summed E-state index contributed by atoms with van der Waals surface area (Å²) in [5.74, 6) is 0.652. The maximum Gasteiger partial charge on any atom is 0.250 e. The molecule has 1 aliphatic rings. The molecule has 2 nitrogen and oxygen atoms in total. The molecule has 0 bridgehead atoms. The Balaban J connectivity index is 2.23. The average Bonchev–Trinajstić information content (AvgIpc) is 2.14. The Morgan fingerprint density at radius 2 is 2.13 bits per heavy atom. The molecule has 0 spiro atoms. The van der Waals surface area contributed by atoms with Gasteiger partial charge in [0.2, 0.25) is 0 Å². The van der Waals surface area contributed by atoms with Gasteiger partial charge in [0, 0.05) is 19.1 Å². The quantitative estimate of drug-likeness (QED) is 0.762. The second kappa shape index (κ2) is 6.38. The van der Waals surface area contributed by atoms with Crippen LogP contribution >= 0.6 is 0 Å². The molecule has 0 aromatic heterocycles. The molecule has 90 valence electrons. The molecule has 4 heteroatoms. The predicted molar refractivity (Wildman–Crippen MR) is 58.3 cm³/mol. The summed E-state index contributed by atoms with van der Waals surface area (Å²) in [5.41, 5.74) is 0. The smallest absolute Gasteiger partial charge is 0.250 e. The van der Waals surface area contributed by atoms with E-state index in [1.165, 1.54) is 0 Å². The molecular formula is C11H22F2N2. The van der Waals surface area contributed by atoms with Gasteiger partial charge >= 0.3 is 0 Å². The third-order valence-electron chi connectivity index (χ3n) is 2.69. The number of nitrogens with one attached hydrogen (secondary N) is 1. The Morgan fingerprint density at radius 1 is 1.40 bits per heavy atom. The number of nitrogens with zero attached hydrogens (tertiary/aromatic N) is 1. The first kappa shape index (κ1) is 12.8. The van der Waals surface area contributed by atoms with Crippen LogP contribution in [0.3, 0.4) is 0 Å². The second-order valence-corrected chi connectivity index (χ2v) is 4.79. The molecule has 1 fully saturated rings. The Bertz CT molecular complexity index is 174. The van der Waals surface area contributed by atoms with Crippen molar-refractivity contribution in [3.05, 3.63) is 0 Å². The summed E-state index contributed by atoms with van der Waals surface area (Å²) in [6.07, 6.45) is -0.0833. The van der Waals surface area contributed by atoms with Gasteiger partial charge in [-0.15, -0.1) is 0 Å². The highest BCUT2D eigenvalue weighted by molar-refractivity contribution is 4.78. The van der Waals surface area contributed by atoms with Gasteiger partial charge in [0.1, 0.15) is 0 Å². The fourth-order valence-corrected chi connectivity index (χ4v) is 2.16. The van der Waals surface area contributed by atoms with E-state index < -0.39 is 6.43 Å². The van der Waals surface area contributed by atoms with Crippen LogP contribution < -0.4 is 5.32 Å². The Hall–Kier alpha value is -0.220. The molecule has 0 saturated carbocycles. The average molecular weight is 220 g/mol. The summed E-state index contributed by atoms with van der Waals surface area (Å²) < 4.78 is 24.0. The zero-order valence-electron chi connectivity index (χ0n) is 9.68. The van der Waals surface area contributed by atoms with Gasteiger partial charge in [-0.2, -0.15) is 0 Å². The van der Waals surface area contributed by atoms with Gasteiger partial charge in [0.25, 0.3) is 6.43 Å². The summed E-state index contributed by atoms with van der Waals surface area (Å²) in [6, 6.07) is 0.256. The van der Waals surface area contributed by atoms with E-state index in [0.29, 0.717) is 5.92 Å². The van der Waals surface area contributed by atoms with Crippen LogP contribution in [0, 0.1) is 5.92 Å². The van der Waals surface area contributed by atoms with E-state index in [0.717, 1.165) is 32.5 Å². The number of likely N-dealkylation sites (tertiary alicyclic amines) is 1.